The smallest absolute Gasteiger partial charge is 0.322 e. The van der Waals surface area contributed by atoms with Crippen LogP contribution in [0.2, 0.25) is 0 Å². The number of aromatic nitrogens is 1. The summed E-state index contributed by atoms with van der Waals surface area (Å²) in [6, 6.07) is 17.8. The first-order valence-corrected chi connectivity index (χ1v) is 9.34. The first-order valence-electron chi connectivity index (χ1n) is 9.34. The number of carbonyl (C=O) groups is 2. The number of urea groups is 1. The average molecular weight is 383 g/mol. The van der Waals surface area contributed by atoms with Crippen LogP contribution in [0.15, 0.2) is 60.8 Å². The molecule has 0 aliphatic carbocycles. The molecule has 0 saturated carbocycles. The summed E-state index contributed by atoms with van der Waals surface area (Å²) >= 11 is 0. The second kappa shape index (κ2) is 6.31. The third-order valence-corrected chi connectivity index (χ3v) is 5.75. The molecule has 5 rings (SSSR count). The summed E-state index contributed by atoms with van der Waals surface area (Å²) in [6.07, 6.45) is 1.97. The monoisotopic (exact) mass is 383 g/mol. The SMILES string of the molecule is N#C[C@@H]1C[C@@]2(CN1C(=O)Nc1ccc3cccnc3c1)C(=O)Nc1ccccc12. The van der Waals surface area contributed by atoms with Crippen LogP contribution in [-0.4, -0.2) is 34.4 Å². The number of para-hydroxylation sites is 1. The van der Waals surface area contributed by atoms with Crippen LogP contribution >= 0.6 is 0 Å². The molecule has 0 radical (unpaired) electrons. The summed E-state index contributed by atoms with van der Waals surface area (Å²) < 4.78 is 0. The summed E-state index contributed by atoms with van der Waals surface area (Å²) in [6.45, 7) is 0.158. The van der Waals surface area contributed by atoms with Crippen molar-refractivity contribution in [3.05, 3.63) is 66.4 Å². The van der Waals surface area contributed by atoms with Crippen LogP contribution in [0.4, 0.5) is 16.2 Å². The van der Waals surface area contributed by atoms with Gasteiger partial charge in [-0.05, 0) is 29.8 Å². The number of anilines is 2. The number of carbonyl (C=O) groups excluding carboxylic acids is 2. The van der Waals surface area contributed by atoms with Gasteiger partial charge in [-0.1, -0.05) is 30.3 Å². The molecule has 2 aliphatic rings. The minimum Gasteiger partial charge on any atom is -0.325 e. The molecule has 2 N–H and O–H groups in total. The second-order valence-corrected chi connectivity index (χ2v) is 7.40. The van der Waals surface area contributed by atoms with Crippen molar-refractivity contribution in [1.82, 2.24) is 9.88 Å². The van der Waals surface area contributed by atoms with Crippen LogP contribution in [0.3, 0.4) is 0 Å². The van der Waals surface area contributed by atoms with Gasteiger partial charge in [0, 0.05) is 35.9 Å². The van der Waals surface area contributed by atoms with Gasteiger partial charge in [-0.25, -0.2) is 4.79 Å². The molecule has 2 atom stereocenters. The molecule has 0 unspecified atom stereocenters. The summed E-state index contributed by atoms with van der Waals surface area (Å²) in [7, 11) is 0. The van der Waals surface area contributed by atoms with Gasteiger partial charge < -0.3 is 15.5 Å². The first kappa shape index (κ1) is 17.2. The minimum atomic E-state index is -0.890. The molecule has 1 fully saturated rings. The first-order chi connectivity index (χ1) is 14.1. The number of nitrogens with zero attached hydrogens (tertiary/aromatic N) is 3. The number of hydrogen-bond donors (Lipinski definition) is 2. The van der Waals surface area contributed by atoms with Gasteiger partial charge in [0.2, 0.25) is 5.91 Å². The lowest BCUT2D eigenvalue weighted by Gasteiger charge is -2.23. The Hall–Kier alpha value is -3.92. The number of rotatable bonds is 1. The average Bonchev–Trinajstić information content (AvgIpc) is 3.27. The molecule has 1 aromatic heterocycles. The molecule has 1 saturated heterocycles. The van der Waals surface area contributed by atoms with Crippen LogP contribution in [0.1, 0.15) is 12.0 Å². The van der Waals surface area contributed by atoms with Crippen LogP contribution in [0.25, 0.3) is 10.9 Å². The van der Waals surface area contributed by atoms with E-state index in [9.17, 15) is 14.9 Å². The van der Waals surface area contributed by atoms with Crippen LogP contribution < -0.4 is 10.6 Å². The van der Waals surface area contributed by atoms with E-state index < -0.39 is 17.5 Å². The second-order valence-electron chi connectivity index (χ2n) is 7.40. The van der Waals surface area contributed by atoms with Gasteiger partial charge in [0.25, 0.3) is 0 Å². The van der Waals surface area contributed by atoms with E-state index in [4.69, 9.17) is 0 Å². The maximum atomic E-state index is 13.0. The van der Waals surface area contributed by atoms with Crippen LogP contribution in [0.5, 0.6) is 0 Å². The topological polar surface area (TPSA) is 98.1 Å². The maximum Gasteiger partial charge on any atom is 0.322 e. The van der Waals surface area contributed by atoms with Crippen molar-refractivity contribution < 1.29 is 9.59 Å². The Morgan fingerprint density at radius 2 is 2.10 bits per heavy atom. The molecule has 3 heterocycles. The number of benzene rings is 2. The van der Waals surface area contributed by atoms with E-state index in [-0.39, 0.29) is 18.9 Å². The Balaban J connectivity index is 1.44. The highest BCUT2D eigenvalue weighted by molar-refractivity contribution is 6.07. The van der Waals surface area contributed by atoms with Gasteiger partial charge in [0.05, 0.1) is 17.0 Å². The summed E-state index contributed by atoms with van der Waals surface area (Å²) in [5.41, 5.74) is 2.06. The number of fused-ring (bicyclic) bond motifs is 3. The molecular formula is C22H17N5O2. The van der Waals surface area contributed by atoms with E-state index >= 15 is 0 Å². The van der Waals surface area contributed by atoms with E-state index in [1.54, 1.807) is 18.3 Å². The maximum absolute atomic E-state index is 13.0. The van der Waals surface area contributed by atoms with Crippen molar-refractivity contribution in [2.75, 3.05) is 17.2 Å². The zero-order valence-electron chi connectivity index (χ0n) is 15.4. The summed E-state index contributed by atoms with van der Waals surface area (Å²) in [4.78, 5) is 31.5. The number of amides is 3. The van der Waals surface area contributed by atoms with Crippen LogP contribution in [-0.2, 0) is 10.2 Å². The highest BCUT2D eigenvalue weighted by Gasteiger charge is 2.55. The summed E-state index contributed by atoms with van der Waals surface area (Å²) in [5.74, 6) is -0.163. The third-order valence-electron chi connectivity index (χ3n) is 5.75. The standard InChI is InChI=1S/C22H17N5O2/c23-12-16-11-22(17-5-1-2-6-18(17)26-20(22)28)13-27(16)21(29)25-15-8-7-14-4-3-9-24-19(14)10-15/h1-10,16H,11,13H2,(H,25,29)(H,26,28)/t16-,22-/m0/s1. The Kier molecular flexibility index (Phi) is 3.74. The molecule has 3 amide bonds. The fraction of sp³-hybridized carbons (Fsp3) is 0.182. The van der Waals surface area contributed by atoms with Gasteiger partial charge in [-0.15, -0.1) is 0 Å². The van der Waals surface area contributed by atoms with E-state index in [1.807, 2.05) is 42.5 Å². The Morgan fingerprint density at radius 3 is 2.97 bits per heavy atom. The van der Waals surface area contributed by atoms with E-state index in [0.29, 0.717) is 5.69 Å². The molecule has 0 bridgehead atoms. The molecule has 2 aromatic carbocycles. The highest BCUT2D eigenvalue weighted by atomic mass is 16.2. The number of likely N-dealkylation sites (tertiary alicyclic amines) is 1. The minimum absolute atomic E-state index is 0.158. The molecule has 7 nitrogen and oxygen atoms in total. The van der Waals surface area contributed by atoms with Crippen molar-refractivity contribution in [3.63, 3.8) is 0 Å². The molecule has 7 heteroatoms. The predicted octanol–water partition coefficient (Wildman–Crippen LogP) is 3.25. The molecule has 2 aliphatic heterocycles. The summed E-state index contributed by atoms with van der Waals surface area (Å²) in [5, 5.41) is 16.4. The Morgan fingerprint density at radius 1 is 1.24 bits per heavy atom. The van der Waals surface area contributed by atoms with Gasteiger partial charge in [0.1, 0.15) is 6.04 Å². The Bertz CT molecular complexity index is 1200. The predicted molar refractivity (Wildman–Crippen MR) is 108 cm³/mol. The highest BCUT2D eigenvalue weighted by Crippen LogP contribution is 2.46. The lowest BCUT2D eigenvalue weighted by Crippen LogP contribution is -2.41. The van der Waals surface area contributed by atoms with Crippen LogP contribution in [0, 0.1) is 11.3 Å². The molecule has 142 valence electrons. The lowest BCUT2D eigenvalue weighted by molar-refractivity contribution is -0.120. The van der Waals surface area contributed by atoms with E-state index in [2.05, 4.69) is 21.7 Å². The number of pyridine rings is 1. The van der Waals surface area contributed by atoms with Crippen molar-refractivity contribution in [1.29, 1.82) is 5.26 Å². The largest absolute Gasteiger partial charge is 0.325 e. The zero-order chi connectivity index (χ0) is 20.0. The van der Waals surface area contributed by atoms with Gasteiger partial charge in [0.15, 0.2) is 0 Å². The normalized spacial score (nSPS) is 22.4. The van der Waals surface area contributed by atoms with E-state index in [1.165, 1.54) is 4.90 Å². The molecular weight excluding hydrogens is 366 g/mol. The fourth-order valence-electron chi connectivity index (χ4n) is 4.31. The number of nitrogens with one attached hydrogen (secondary N) is 2. The van der Waals surface area contributed by atoms with Gasteiger partial charge in [-0.3, -0.25) is 9.78 Å². The fourth-order valence-corrected chi connectivity index (χ4v) is 4.31. The van der Waals surface area contributed by atoms with Crippen molar-refractivity contribution >= 4 is 34.2 Å². The number of hydrogen-bond acceptors (Lipinski definition) is 4. The molecule has 1 spiro atoms. The Labute approximate surface area is 167 Å². The number of nitriles is 1. The third kappa shape index (κ3) is 2.61. The van der Waals surface area contributed by atoms with Gasteiger partial charge in [-0.2, -0.15) is 5.26 Å². The van der Waals surface area contributed by atoms with Crippen molar-refractivity contribution in [2.24, 2.45) is 0 Å². The quantitative estimate of drug-likeness (QED) is 0.674. The van der Waals surface area contributed by atoms with Crippen molar-refractivity contribution in [2.45, 2.75) is 17.9 Å². The molecule has 3 aromatic rings. The van der Waals surface area contributed by atoms with Crippen molar-refractivity contribution in [3.8, 4) is 6.07 Å². The van der Waals surface area contributed by atoms with Gasteiger partial charge >= 0.3 is 6.03 Å². The van der Waals surface area contributed by atoms with E-state index in [0.717, 1.165) is 22.2 Å². The lowest BCUT2D eigenvalue weighted by atomic mass is 9.80. The zero-order valence-corrected chi connectivity index (χ0v) is 15.4. The molecule has 29 heavy (non-hydrogen) atoms.